The van der Waals surface area contributed by atoms with Crippen LogP contribution in [0.5, 0.6) is 0 Å². The third-order valence-electron chi connectivity index (χ3n) is 9.90. The van der Waals surface area contributed by atoms with Crippen LogP contribution >= 0.6 is 0 Å². The Balaban J connectivity index is 1.21. The van der Waals surface area contributed by atoms with Crippen LogP contribution in [0.2, 0.25) is 0 Å². The van der Waals surface area contributed by atoms with E-state index in [9.17, 15) is 5.26 Å². The Morgan fingerprint density at radius 1 is 0.521 bits per heavy atom. The quantitative estimate of drug-likeness (QED) is 0.173. The van der Waals surface area contributed by atoms with Crippen molar-refractivity contribution in [3.63, 3.8) is 0 Å². The number of benzene rings is 5. The number of aromatic nitrogens is 3. The average Bonchev–Trinajstić information content (AvgIpc) is 3.28. The number of nitrogens with zero attached hydrogens (tertiary/aromatic N) is 4. The zero-order chi connectivity index (χ0) is 33.1. The summed E-state index contributed by atoms with van der Waals surface area (Å²) in [6, 6.07) is 45.9. The third kappa shape index (κ3) is 6.68. The number of hydrogen-bond acceptors (Lipinski definition) is 4. The van der Waals surface area contributed by atoms with E-state index >= 15 is 0 Å². The van der Waals surface area contributed by atoms with Gasteiger partial charge >= 0.3 is 0 Å². The van der Waals surface area contributed by atoms with Gasteiger partial charge in [-0.2, -0.15) is 5.26 Å². The summed E-state index contributed by atoms with van der Waals surface area (Å²) in [6.07, 6.45) is 5.17. The van der Waals surface area contributed by atoms with Crippen molar-refractivity contribution in [1.82, 2.24) is 15.0 Å². The highest BCUT2D eigenvalue weighted by atomic mass is 15.0. The minimum Gasteiger partial charge on any atom is -0.208 e. The topological polar surface area (TPSA) is 62.5 Å². The van der Waals surface area contributed by atoms with E-state index in [-0.39, 0.29) is 5.41 Å². The molecule has 0 spiro atoms. The maximum absolute atomic E-state index is 10.0. The molecule has 0 saturated heterocycles. The normalized spacial score (nSPS) is 19.3. The van der Waals surface area contributed by atoms with E-state index in [0.29, 0.717) is 23.0 Å². The summed E-state index contributed by atoms with van der Waals surface area (Å²) in [4.78, 5) is 14.6. The van der Waals surface area contributed by atoms with Crippen molar-refractivity contribution in [2.45, 2.75) is 51.9 Å². The van der Waals surface area contributed by atoms with E-state index in [1.807, 2.05) is 72.8 Å². The third-order valence-corrected chi connectivity index (χ3v) is 9.90. The second kappa shape index (κ2) is 13.4. The molecule has 6 aromatic rings. The van der Waals surface area contributed by atoms with Crippen LogP contribution < -0.4 is 0 Å². The van der Waals surface area contributed by atoms with Crippen LogP contribution in [0.15, 0.2) is 127 Å². The molecule has 2 unspecified atom stereocenters. The maximum atomic E-state index is 10.0. The second-order valence-electron chi connectivity index (χ2n) is 13.9. The molecule has 0 radical (unpaired) electrons. The SMILES string of the molecule is CC1CC[C@H](C)CC(C)(c2ccc(-c3ccc(-c4cc(C#N)cc(-c5nc(-c6ccccc6)nc(-c6ccccc6)n5)c4)cc3)cc2)C1. The maximum Gasteiger partial charge on any atom is 0.164 e. The molecule has 48 heavy (non-hydrogen) atoms. The summed E-state index contributed by atoms with van der Waals surface area (Å²) < 4.78 is 0. The fourth-order valence-corrected chi connectivity index (χ4v) is 7.48. The van der Waals surface area contributed by atoms with Gasteiger partial charge < -0.3 is 0 Å². The molecule has 3 atom stereocenters. The van der Waals surface area contributed by atoms with Crippen molar-refractivity contribution < 1.29 is 0 Å². The van der Waals surface area contributed by atoms with E-state index in [1.165, 1.54) is 42.4 Å². The minimum absolute atomic E-state index is 0.226. The Labute approximate surface area is 284 Å². The van der Waals surface area contributed by atoms with Gasteiger partial charge in [0, 0.05) is 16.7 Å². The highest BCUT2D eigenvalue weighted by Gasteiger charge is 2.33. The lowest BCUT2D eigenvalue weighted by Crippen LogP contribution is -2.24. The molecule has 4 nitrogen and oxygen atoms in total. The van der Waals surface area contributed by atoms with Crippen LogP contribution in [0.3, 0.4) is 0 Å². The second-order valence-corrected chi connectivity index (χ2v) is 13.9. The molecule has 4 heteroatoms. The monoisotopic (exact) mass is 624 g/mol. The molecule has 7 rings (SSSR count). The van der Waals surface area contributed by atoms with E-state index in [1.54, 1.807) is 0 Å². The van der Waals surface area contributed by atoms with Crippen molar-refractivity contribution in [3.05, 3.63) is 139 Å². The van der Waals surface area contributed by atoms with E-state index in [2.05, 4.69) is 81.4 Å². The van der Waals surface area contributed by atoms with Gasteiger partial charge in [0.25, 0.3) is 0 Å². The summed E-state index contributed by atoms with van der Waals surface area (Å²) in [5.74, 6) is 3.24. The predicted molar refractivity (Wildman–Crippen MR) is 196 cm³/mol. The lowest BCUT2D eigenvalue weighted by atomic mass is 9.72. The summed E-state index contributed by atoms with van der Waals surface area (Å²) in [7, 11) is 0. The summed E-state index contributed by atoms with van der Waals surface area (Å²) in [5, 5.41) is 10.0. The summed E-state index contributed by atoms with van der Waals surface area (Å²) >= 11 is 0. The Bertz CT molecular complexity index is 1990. The van der Waals surface area contributed by atoms with Crippen LogP contribution in [0.25, 0.3) is 56.4 Å². The zero-order valence-corrected chi connectivity index (χ0v) is 27.9. The first kappa shape index (κ1) is 31.2. The van der Waals surface area contributed by atoms with Gasteiger partial charge in [0.15, 0.2) is 17.5 Å². The van der Waals surface area contributed by atoms with Crippen LogP contribution in [0.4, 0.5) is 0 Å². The number of nitriles is 1. The first-order valence-electron chi connectivity index (χ1n) is 17.0. The average molecular weight is 625 g/mol. The van der Waals surface area contributed by atoms with Crippen LogP contribution in [0, 0.1) is 23.2 Å². The van der Waals surface area contributed by atoms with Gasteiger partial charge in [0.05, 0.1) is 11.6 Å². The molecule has 1 aliphatic rings. The minimum atomic E-state index is 0.226. The molecule has 5 aromatic carbocycles. The van der Waals surface area contributed by atoms with Gasteiger partial charge in [-0.25, -0.2) is 15.0 Å². The van der Waals surface area contributed by atoms with Gasteiger partial charge in [-0.1, -0.05) is 143 Å². The Morgan fingerprint density at radius 3 is 1.42 bits per heavy atom. The molecule has 0 aliphatic heterocycles. The summed E-state index contributed by atoms with van der Waals surface area (Å²) in [5.41, 5.74) is 9.18. The highest BCUT2D eigenvalue weighted by Crippen LogP contribution is 2.43. The predicted octanol–water partition coefficient (Wildman–Crippen LogP) is 11.2. The largest absolute Gasteiger partial charge is 0.208 e. The van der Waals surface area contributed by atoms with Crippen LogP contribution in [-0.4, -0.2) is 15.0 Å². The standard InChI is InChI=1S/C44H40N4/c1-30-14-15-31(2)28-44(3,27-30)40-22-20-34(21-23-40)33-16-18-35(19-17-33)38-24-32(29-45)25-39(26-38)43-47-41(36-10-6-4-7-11-36)46-42(48-43)37-12-8-5-9-13-37/h4-13,16-26,30-31H,14-15,27-28H2,1-3H3/t30-,31?,44?/m0/s1. The molecule has 0 bridgehead atoms. The number of rotatable bonds is 6. The number of hydrogen-bond donors (Lipinski definition) is 0. The van der Waals surface area contributed by atoms with Gasteiger partial charge in [-0.15, -0.1) is 0 Å². The molecule has 1 aliphatic carbocycles. The highest BCUT2D eigenvalue weighted by molar-refractivity contribution is 5.76. The molecule has 0 amide bonds. The summed E-state index contributed by atoms with van der Waals surface area (Å²) in [6.45, 7) is 7.28. The molecule has 1 aromatic heterocycles. The van der Waals surface area contributed by atoms with E-state index < -0.39 is 0 Å². The van der Waals surface area contributed by atoms with Crippen molar-refractivity contribution in [2.75, 3.05) is 0 Å². The van der Waals surface area contributed by atoms with Crippen molar-refractivity contribution in [2.24, 2.45) is 11.8 Å². The fourth-order valence-electron chi connectivity index (χ4n) is 7.48. The fraction of sp³-hybridized carbons (Fsp3) is 0.227. The van der Waals surface area contributed by atoms with Gasteiger partial charge in [0.2, 0.25) is 0 Å². The van der Waals surface area contributed by atoms with Crippen LogP contribution in [-0.2, 0) is 5.41 Å². The lowest BCUT2D eigenvalue weighted by molar-refractivity contribution is 0.333. The molecule has 0 N–H and O–H groups in total. The van der Waals surface area contributed by atoms with Gasteiger partial charge in [-0.3, -0.25) is 0 Å². The molecule has 236 valence electrons. The molecular formula is C44H40N4. The Morgan fingerprint density at radius 2 is 0.938 bits per heavy atom. The van der Waals surface area contributed by atoms with Crippen molar-refractivity contribution in [1.29, 1.82) is 5.26 Å². The molecule has 1 fully saturated rings. The Hall–Kier alpha value is -5.40. The molecule has 1 heterocycles. The molecule has 1 saturated carbocycles. The first-order chi connectivity index (χ1) is 23.4. The molecular weight excluding hydrogens is 585 g/mol. The van der Waals surface area contributed by atoms with E-state index in [4.69, 9.17) is 15.0 Å². The van der Waals surface area contributed by atoms with E-state index in [0.717, 1.165) is 39.7 Å². The van der Waals surface area contributed by atoms with Crippen molar-refractivity contribution in [3.8, 4) is 62.5 Å². The first-order valence-corrected chi connectivity index (χ1v) is 17.0. The van der Waals surface area contributed by atoms with Crippen LogP contribution in [0.1, 0.15) is 57.6 Å². The Kier molecular flexibility index (Phi) is 8.70. The smallest absolute Gasteiger partial charge is 0.164 e. The van der Waals surface area contributed by atoms with Gasteiger partial charge in [-0.05, 0) is 76.1 Å². The lowest BCUT2D eigenvalue weighted by Gasteiger charge is -2.32. The van der Waals surface area contributed by atoms with Crippen molar-refractivity contribution >= 4 is 0 Å². The zero-order valence-electron chi connectivity index (χ0n) is 27.9. The van der Waals surface area contributed by atoms with Gasteiger partial charge in [0.1, 0.15) is 0 Å².